The molecule has 0 atom stereocenters. The number of hydrogen-bond donors (Lipinski definition) is 0. The first kappa shape index (κ1) is 31.6. The smallest absolute Gasteiger partial charge is 0.135 e. The normalized spacial score (nSPS) is 11.6. The highest BCUT2D eigenvalue weighted by Gasteiger charge is 2.21. The molecule has 3 heteroatoms. The summed E-state index contributed by atoms with van der Waals surface area (Å²) < 4.78 is 8.88. The molecule has 0 aliphatic rings. The zero-order valence-corrected chi connectivity index (χ0v) is 30.6. The molecule has 2 heterocycles. The zero-order valence-electron chi connectivity index (χ0n) is 29.8. The molecule has 258 valence electrons. The van der Waals surface area contributed by atoms with Gasteiger partial charge in [0, 0.05) is 53.4 Å². The Morgan fingerprint density at radius 3 is 1.91 bits per heavy atom. The standard InChI is InChI=1S/C52H33NOS/c1-2-12-36-32-39(24-23-34(36)11-1)38-14-9-13-37(31-38)35-25-27-40(28-26-35)53(41-29-30-50-47(33-41)43-16-4-7-21-49(43)54-50)48-20-6-3-15-42(48)45-18-10-19-46-44-17-5-8-22-51(44)55-52(45)46/h1-33H. The summed E-state index contributed by atoms with van der Waals surface area (Å²) in [5, 5.41) is 7.32. The van der Waals surface area contributed by atoms with Crippen LogP contribution in [-0.4, -0.2) is 0 Å². The van der Waals surface area contributed by atoms with E-state index < -0.39 is 0 Å². The lowest BCUT2D eigenvalue weighted by Crippen LogP contribution is -2.11. The molecule has 11 rings (SSSR count). The van der Waals surface area contributed by atoms with Crippen LogP contribution < -0.4 is 4.90 Å². The van der Waals surface area contributed by atoms with E-state index >= 15 is 0 Å². The van der Waals surface area contributed by atoms with Gasteiger partial charge in [0.25, 0.3) is 0 Å². The average molecular weight is 720 g/mol. The van der Waals surface area contributed by atoms with Crippen LogP contribution in [-0.2, 0) is 0 Å². The second-order valence-corrected chi connectivity index (χ2v) is 15.2. The van der Waals surface area contributed by atoms with Crippen molar-refractivity contribution in [1.82, 2.24) is 0 Å². The number of hydrogen-bond acceptors (Lipinski definition) is 3. The van der Waals surface area contributed by atoms with E-state index in [9.17, 15) is 0 Å². The maximum Gasteiger partial charge on any atom is 0.135 e. The van der Waals surface area contributed by atoms with Crippen LogP contribution >= 0.6 is 11.3 Å². The Balaban J connectivity index is 1.06. The molecule has 2 aromatic heterocycles. The Bertz CT molecular complexity index is 3220. The zero-order chi connectivity index (χ0) is 36.3. The van der Waals surface area contributed by atoms with E-state index in [2.05, 4.69) is 193 Å². The number of furan rings is 1. The quantitative estimate of drug-likeness (QED) is 0.170. The number of nitrogens with zero attached hydrogens (tertiary/aromatic N) is 1. The number of benzene rings is 9. The Morgan fingerprint density at radius 1 is 0.364 bits per heavy atom. The van der Waals surface area contributed by atoms with Crippen LogP contribution in [0.4, 0.5) is 17.1 Å². The van der Waals surface area contributed by atoms with E-state index in [0.717, 1.165) is 39.0 Å². The highest BCUT2D eigenvalue weighted by molar-refractivity contribution is 7.26. The minimum Gasteiger partial charge on any atom is -0.456 e. The van der Waals surface area contributed by atoms with Crippen molar-refractivity contribution >= 4 is 81.3 Å². The largest absolute Gasteiger partial charge is 0.456 e. The molecule has 0 aliphatic carbocycles. The molecule has 2 nitrogen and oxygen atoms in total. The Kier molecular flexibility index (Phi) is 7.39. The molecule has 0 aliphatic heterocycles. The molecule has 0 saturated carbocycles. The molecule has 55 heavy (non-hydrogen) atoms. The molecule has 0 saturated heterocycles. The monoisotopic (exact) mass is 719 g/mol. The molecule has 9 aromatic carbocycles. The van der Waals surface area contributed by atoms with Crippen molar-refractivity contribution in [2.75, 3.05) is 4.90 Å². The predicted molar refractivity (Wildman–Crippen MR) is 235 cm³/mol. The lowest BCUT2D eigenvalue weighted by molar-refractivity contribution is 0.669. The number of rotatable bonds is 6. The van der Waals surface area contributed by atoms with Gasteiger partial charge in [0.15, 0.2) is 0 Å². The van der Waals surface area contributed by atoms with Crippen molar-refractivity contribution in [2.45, 2.75) is 0 Å². The van der Waals surface area contributed by atoms with Gasteiger partial charge in [0.05, 0.1) is 5.69 Å². The SMILES string of the molecule is c1cc(-c2ccc(N(c3ccc4oc5ccccc5c4c3)c3ccccc3-c3cccc4c3sc3ccccc34)cc2)cc(-c2ccc3ccccc3c2)c1. The molecule has 11 aromatic rings. The maximum absolute atomic E-state index is 6.28. The third-order valence-electron chi connectivity index (χ3n) is 10.9. The Hall–Kier alpha value is -6.94. The highest BCUT2D eigenvalue weighted by atomic mass is 32.1. The lowest BCUT2D eigenvalue weighted by Gasteiger charge is -2.28. The number of thiophene rings is 1. The van der Waals surface area contributed by atoms with E-state index in [1.54, 1.807) is 0 Å². The van der Waals surface area contributed by atoms with Crippen LogP contribution in [0.15, 0.2) is 205 Å². The molecule has 0 spiro atoms. The molecule has 0 amide bonds. The van der Waals surface area contributed by atoms with Gasteiger partial charge >= 0.3 is 0 Å². The molecule has 0 unspecified atom stereocenters. The molecule has 0 fully saturated rings. The van der Waals surface area contributed by atoms with Gasteiger partial charge in [-0.15, -0.1) is 11.3 Å². The van der Waals surface area contributed by atoms with Gasteiger partial charge in [0.1, 0.15) is 11.2 Å². The maximum atomic E-state index is 6.28. The van der Waals surface area contributed by atoms with Crippen molar-refractivity contribution in [3.8, 4) is 33.4 Å². The first-order valence-electron chi connectivity index (χ1n) is 18.7. The highest BCUT2D eigenvalue weighted by Crippen LogP contribution is 2.47. The van der Waals surface area contributed by atoms with Gasteiger partial charge in [0.2, 0.25) is 0 Å². The molecule has 0 N–H and O–H groups in total. The van der Waals surface area contributed by atoms with E-state index in [1.165, 1.54) is 64.3 Å². The third kappa shape index (κ3) is 5.40. The predicted octanol–water partition coefficient (Wildman–Crippen LogP) is 15.6. The number of fused-ring (bicyclic) bond motifs is 7. The third-order valence-corrected chi connectivity index (χ3v) is 12.1. The van der Waals surface area contributed by atoms with E-state index in [1.807, 2.05) is 23.5 Å². The van der Waals surface area contributed by atoms with Gasteiger partial charge in [-0.25, -0.2) is 0 Å². The second-order valence-electron chi connectivity index (χ2n) is 14.1. The van der Waals surface area contributed by atoms with Gasteiger partial charge in [-0.05, 0) is 93.7 Å². The fraction of sp³-hybridized carbons (Fsp3) is 0. The van der Waals surface area contributed by atoms with Gasteiger partial charge in [-0.2, -0.15) is 0 Å². The van der Waals surface area contributed by atoms with Crippen molar-refractivity contribution in [3.05, 3.63) is 200 Å². The van der Waals surface area contributed by atoms with Crippen LogP contribution in [0.2, 0.25) is 0 Å². The first-order chi connectivity index (χ1) is 27.2. The molecule has 0 bridgehead atoms. The Morgan fingerprint density at radius 2 is 1.00 bits per heavy atom. The molecular formula is C52H33NOS. The fourth-order valence-corrected chi connectivity index (χ4v) is 9.42. The summed E-state index contributed by atoms with van der Waals surface area (Å²) in [5.74, 6) is 0. The van der Waals surface area contributed by atoms with Gasteiger partial charge in [-0.3, -0.25) is 0 Å². The molecule has 0 radical (unpaired) electrons. The summed E-state index contributed by atoms with van der Waals surface area (Å²) in [4.78, 5) is 2.40. The van der Waals surface area contributed by atoms with Crippen molar-refractivity contribution in [2.24, 2.45) is 0 Å². The second kappa shape index (κ2) is 12.9. The lowest BCUT2D eigenvalue weighted by atomic mass is 9.97. The minimum absolute atomic E-state index is 0.884. The van der Waals surface area contributed by atoms with Crippen molar-refractivity contribution in [3.63, 3.8) is 0 Å². The summed E-state index contributed by atoms with van der Waals surface area (Å²) in [6, 6.07) is 72.3. The number of para-hydroxylation sites is 2. The van der Waals surface area contributed by atoms with E-state index in [-0.39, 0.29) is 0 Å². The van der Waals surface area contributed by atoms with Crippen LogP contribution in [0.25, 0.3) is 86.3 Å². The fourth-order valence-electron chi connectivity index (χ4n) is 8.19. The van der Waals surface area contributed by atoms with Crippen molar-refractivity contribution in [1.29, 1.82) is 0 Å². The summed E-state index contributed by atoms with van der Waals surface area (Å²) in [6.45, 7) is 0. The Labute approximate surface area is 322 Å². The summed E-state index contributed by atoms with van der Waals surface area (Å²) in [7, 11) is 0. The average Bonchev–Trinajstić information content (AvgIpc) is 3.83. The van der Waals surface area contributed by atoms with Gasteiger partial charge in [-0.1, -0.05) is 140 Å². The summed E-state index contributed by atoms with van der Waals surface area (Å²) >= 11 is 1.87. The van der Waals surface area contributed by atoms with E-state index in [0.29, 0.717) is 0 Å². The van der Waals surface area contributed by atoms with Crippen LogP contribution in [0.3, 0.4) is 0 Å². The summed E-state index contributed by atoms with van der Waals surface area (Å²) in [5.41, 5.74) is 12.3. The molecular weight excluding hydrogens is 687 g/mol. The minimum atomic E-state index is 0.884. The summed E-state index contributed by atoms with van der Waals surface area (Å²) in [6.07, 6.45) is 0. The van der Waals surface area contributed by atoms with Crippen LogP contribution in [0, 0.1) is 0 Å². The number of anilines is 3. The van der Waals surface area contributed by atoms with Crippen LogP contribution in [0.5, 0.6) is 0 Å². The first-order valence-corrected chi connectivity index (χ1v) is 19.5. The van der Waals surface area contributed by atoms with Gasteiger partial charge < -0.3 is 9.32 Å². The van der Waals surface area contributed by atoms with E-state index in [4.69, 9.17) is 4.42 Å². The topological polar surface area (TPSA) is 16.4 Å². The van der Waals surface area contributed by atoms with Crippen molar-refractivity contribution < 1.29 is 4.42 Å². The van der Waals surface area contributed by atoms with Crippen LogP contribution in [0.1, 0.15) is 0 Å².